The van der Waals surface area contributed by atoms with E-state index in [1.54, 1.807) is 15.8 Å². The molecule has 0 saturated carbocycles. The van der Waals surface area contributed by atoms with E-state index in [-0.39, 0.29) is 10.8 Å². The molecular weight excluding hydrogens is 434 g/mol. The maximum absolute atomic E-state index is 13.4. The molecule has 0 bridgehead atoms. The van der Waals surface area contributed by atoms with Crippen LogP contribution in [0.15, 0.2) is 71.9 Å². The first-order chi connectivity index (χ1) is 14.9. The summed E-state index contributed by atoms with van der Waals surface area (Å²) in [5, 5.41) is 4.79. The fourth-order valence-electron chi connectivity index (χ4n) is 3.03. The van der Waals surface area contributed by atoms with Crippen molar-refractivity contribution in [2.75, 3.05) is 25.5 Å². The van der Waals surface area contributed by atoms with E-state index in [9.17, 15) is 13.2 Å². The van der Waals surface area contributed by atoms with E-state index < -0.39 is 10.0 Å². The average Bonchev–Trinajstić information content (AvgIpc) is 3.43. The largest absolute Gasteiger partial charge is 0.282 e. The number of fused-ring (bicyclic) bond motifs is 1. The number of benzene rings is 2. The van der Waals surface area contributed by atoms with E-state index in [2.05, 4.69) is 10.1 Å². The highest BCUT2D eigenvalue weighted by molar-refractivity contribution is 7.89. The van der Waals surface area contributed by atoms with Crippen LogP contribution in [-0.4, -0.2) is 54.0 Å². The van der Waals surface area contributed by atoms with Gasteiger partial charge in [-0.2, -0.15) is 5.10 Å². The molecule has 2 aromatic carbocycles. The third kappa shape index (κ3) is 4.36. The SMILES string of the molecule is CN(C)S(=O)(=O)c1ccc(C(=O)N(CCn2cccn2)c2nc3ccccc3s2)cc1. The molecule has 0 aliphatic carbocycles. The van der Waals surface area contributed by atoms with E-state index in [1.807, 2.05) is 36.5 Å². The van der Waals surface area contributed by atoms with Crippen molar-refractivity contribution in [3.8, 4) is 0 Å². The lowest BCUT2D eigenvalue weighted by atomic mass is 10.2. The van der Waals surface area contributed by atoms with Gasteiger partial charge in [0.2, 0.25) is 10.0 Å². The van der Waals surface area contributed by atoms with Gasteiger partial charge in [0.1, 0.15) is 0 Å². The average molecular weight is 456 g/mol. The normalized spacial score (nSPS) is 11.8. The Hall–Kier alpha value is -3.08. The van der Waals surface area contributed by atoms with Crippen molar-refractivity contribution in [3.63, 3.8) is 0 Å². The number of para-hydroxylation sites is 1. The maximum atomic E-state index is 13.4. The van der Waals surface area contributed by atoms with Crippen molar-refractivity contribution < 1.29 is 13.2 Å². The number of hydrogen-bond donors (Lipinski definition) is 0. The van der Waals surface area contributed by atoms with Crippen LogP contribution in [0.2, 0.25) is 0 Å². The quantitative estimate of drug-likeness (QED) is 0.427. The number of carbonyl (C=O) groups excluding carboxylic acids is 1. The molecule has 4 aromatic rings. The summed E-state index contributed by atoms with van der Waals surface area (Å²) in [4.78, 5) is 19.8. The summed E-state index contributed by atoms with van der Waals surface area (Å²) in [7, 11) is -0.621. The molecule has 0 atom stereocenters. The molecule has 0 spiro atoms. The van der Waals surface area contributed by atoms with Crippen molar-refractivity contribution in [1.82, 2.24) is 19.1 Å². The molecule has 0 aliphatic rings. The summed E-state index contributed by atoms with van der Waals surface area (Å²) in [5.74, 6) is -0.250. The molecular formula is C21H21N5O3S2. The molecule has 8 nitrogen and oxygen atoms in total. The van der Waals surface area contributed by atoms with Gasteiger partial charge in [-0.15, -0.1) is 0 Å². The Balaban J connectivity index is 1.66. The van der Waals surface area contributed by atoms with Gasteiger partial charge in [-0.25, -0.2) is 17.7 Å². The molecule has 4 rings (SSSR count). The number of anilines is 1. The second-order valence-corrected chi connectivity index (χ2v) is 10.2. The Morgan fingerprint density at radius 1 is 1.06 bits per heavy atom. The van der Waals surface area contributed by atoms with Crippen LogP contribution in [0.4, 0.5) is 5.13 Å². The summed E-state index contributed by atoms with van der Waals surface area (Å²) < 4.78 is 28.5. The Morgan fingerprint density at radius 2 is 1.81 bits per heavy atom. The van der Waals surface area contributed by atoms with E-state index in [1.165, 1.54) is 49.7 Å². The lowest BCUT2D eigenvalue weighted by Gasteiger charge is -2.20. The number of aromatic nitrogens is 3. The first-order valence-electron chi connectivity index (χ1n) is 9.54. The molecule has 0 N–H and O–H groups in total. The Bertz CT molecular complexity index is 1260. The summed E-state index contributed by atoms with van der Waals surface area (Å²) in [5.41, 5.74) is 1.21. The maximum Gasteiger partial charge on any atom is 0.260 e. The van der Waals surface area contributed by atoms with Gasteiger partial charge in [-0.05, 0) is 42.5 Å². The highest BCUT2D eigenvalue weighted by Gasteiger charge is 2.23. The molecule has 160 valence electrons. The minimum absolute atomic E-state index is 0.136. The lowest BCUT2D eigenvalue weighted by molar-refractivity contribution is 0.0985. The van der Waals surface area contributed by atoms with Crippen LogP contribution in [0.5, 0.6) is 0 Å². The van der Waals surface area contributed by atoms with Gasteiger partial charge in [0.05, 0.1) is 21.7 Å². The molecule has 0 aliphatic heterocycles. The van der Waals surface area contributed by atoms with Gasteiger partial charge < -0.3 is 0 Å². The number of amides is 1. The molecule has 2 heterocycles. The lowest BCUT2D eigenvalue weighted by Crippen LogP contribution is -2.34. The third-order valence-electron chi connectivity index (χ3n) is 4.75. The van der Waals surface area contributed by atoms with Crippen LogP contribution in [0.3, 0.4) is 0 Å². The predicted octanol–water partition coefficient (Wildman–Crippen LogP) is 3.09. The Labute approximate surface area is 184 Å². The summed E-state index contributed by atoms with van der Waals surface area (Å²) in [6.07, 6.45) is 3.52. The molecule has 0 fully saturated rings. The second kappa shape index (κ2) is 8.58. The van der Waals surface area contributed by atoms with Gasteiger partial charge in [0, 0.05) is 38.6 Å². The van der Waals surface area contributed by atoms with Crippen LogP contribution in [0, 0.1) is 0 Å². The smallest absolute Gasteiger partial charge is 0.260 e. The van der Waals surface area contributed by atoms with E-state index in [0.29, 0.717) is 23.8 Å². The Morgan fingerprint density at radius 3 is 2.45 bits per heavy atom. The highest BCUT2D eigenvalue weighted by Crippen LogP contribution is 2.29. The zero-order valence-corrected chi connectivity index (χ0v) is 18.7. The molecule has 0 saturated heterocycles. The molecule has 2 aromatic heterocycles. The molecule has 1 amide bonds. The van der Waals surface area contributed by atoms with Crippen LogP contribution in [0.25, 0.3) is 10.2 Å². The summed E-state index contributed by atoms with van der Waals surface area (Å²) in [6.45, 7) is 0.875. The first-order valence-corrected chi connectivity index (χ1v) is 11.8. The van der Waals surface area contributed by atoms with Crippen LogP contribution >= 0.6 is 11.3 Å². The first kappa shape index (κ1) is 21.2. The predicted molar refractivity (Wildman–Crippen MR) is 121 cm³/mol. The van der Waals surface area contributed by atoms with Gasteiger partial charge in [-0.3, -0.25) is 14.4 Å². The fourth-order valence-corrected chi connectivity index (χ4v) is 4.92. The minimum atomic E-state index is -3.56. The van der Waals surface area contributed by atoms with Crippen molar-refractivity contribution in [1.29, 1.82) is 0 Å². The van der Waals surface area contributed by atoms with Crippen molar-refractivity contribution >= 4 is 42.6 Å². The number of hydrogen-bond acceptors (Lipinski definition) is 6. The summed E-state index contributed by atoms with van der Waals surface area (Å²) in [6, 6.07) is 15.5. The van der Waals surface area contributed by atoms with Crippen LogP contribution in [-0.2, 0) is 16.6 Å². The summed E-state index contributed by atoms with van der Waals surface area (Å²) >= 11 is 1.44. The monoisotopic (exact) mass is 455 g/mol. The van der Waals surface area contributed by atoms with Gasteiger partial charge >= 0.3 is 0 Å². The van der Waals surface area contributed by atoms with E-state index in [0.717, 1.165) is 14.5 Å². The van der Waals surface area contributed by atoms with Crippen molar-refractivity contribution in [2.24, 2.45) is 0 Å². The number of thiazole rings is 1. The highest BCUT2D eigenvalue weighted by atomic mass is 32.2. The third-order valence-corrected chi connectivity index (χ3v) is 7.64. The number of sulfonamides is 1. The van der Waals surface area contributed by atoms with Crippen molar-refractivity contribution in [3.05, 3.63) is 72.6 Å². The van der Waals surface area contributed by atoms with Crippen LogP contribution < -0.4 is 4.90 Å². The zero-order valence-electron chi connectivity index (χ0n) is 17.0. The topological polar surface area (TPSA) is 88.4 Å². The minimum Gasteiger partial charge on any atom is -0.282 e. The second-order valence-electron chi connectivity index (χ2n) is 7.00. The van der Waals surface area contributed by atoms with Crippen LogP contribution in [0.1, 0.15) is 10.4 Å². The zero-order chi connectivity index (χ0) is 22.0. The van der Waals surface area contributed by atoms with Gasteiger partial charge in [0.15, 0.2) is 5.13 Å². The molecule has 0 unspecified atom stereocenters. The molecule has 0 radical (unpaired) electrons. The van der Waals surface area contributed by atoms with Gasteiger partial charge in [-0.1, -0.05) is 23.5 Å². The molecule has 10 heteroatoms. The van der Waals surface area contributed by atoms with E-state index >= 15 is 0 Å². The Kier molecular flexibility index (Phi) is 5.86. The van der Waals surface area contributed by atoms with Crippen molar-refractivity contribution in [2.45, 2.75) is 11.4 Å². The van der Waals surface area contributed by atoms with Gasteiger partial charge in [0.25, 0.3) is 5.91 Å². The number of rotatable bonds is 7. The number of nitrogens with zero attached hydrogens (tertiary/aromatic N) is 5. The standard InChI is InChI=1S/C21H21N5O3S2/c1-24(2)31(28,29)17-10-8-16(9-11-17)20(27)26(15-14-25-13-5-12-22-25)21-23-18-6-3-4-7-19(18)30-21/h3-13H,14-15H2,1-2H3. The van der Waals surface area contributed by atoms with E-state index in [4.69, 9.17) is 0 Å². The fraction of sp³-hybridized carbons (Fsp3) is 0.190. The molecule has 31 heavy (non-hydrogen) atoms. The number of carbonyl (C=O) groups is 1.